The van der Waals surface area contributed by atoms with Crippen molar-refractivity contribution in [2.45, 2.75) is 0 Å². The number of ether oxygens (including phenoxy) is 1. The van der Waals surface area contributed by atoms with E-state index in [2.05, 4.69) is 9.97 Å². The van der Waals surface area contributed by atoms with Crippen LogP contribution < -0.4 is 15.0 Å². The fourth-order valence-corrected chi connectivity index (χ4v) is 3.75. The molecule has 0 aliphatic carbocycles. The van der Waals surface area contributed by atoms with Crippen LogP contribution in [-0.4, -0.2) is 20.0 Å². The Morgan fingerprint density at radius 3 is 2.44 bits per heavy atom. The molecule has 25 heavy (non-hydrogen) atoms. The highest BCUT2D eigenvalue weighted by molar-refractivity contribution is 7.18. The van der Waals surface area contributed by atoms with E-state index >= 15 is 0 Å². The first-order valence-electron chi connectivity index (χ1n) is 7.74. The number of rotatable bonds is 4. The minimum absolute atomic E-state index is 0.328. The Kier molecular flexibility index (Phi) is 4.38. The van der Waals surface area contributed by atoms with Crippen LogP contribution in [0.4, 0.5) is 5.69 Å². The van der Waals surface area contributed by atoms with E-state index in [9.17, 15) is 0 Å². The van der Waals surface area contributed by atoms with Crippen molar-refractivity contribution in [1.82, 2.24) is 0 Å². The quantitative estimate of drug-likeness (QED) is 0.653. The fraction of sp³-hybridized carbons (Fsp3) is 0.0556. The van der Waals surface area contributed by atoms with Gasteiger partial charge < -0.3 is 14.3 Å². The second-order valence-corrected chi connectivity index (χ2v) is 7.17. The topological polar surface area (TPSA) is 34.1 Å². The van der Waals surface area contributed by atoms with E-state index in [1.165, 1.54) is 11.3 Å². The second kappa shape index (κ2) is 6.82. The van der Waals surface area contributed by atoms with Crippen molar-refractivity contribution in [2.24, 2.45) is 5.16 Å². The number of amidine groups is 1. The van der Waals surface area contributed by atoms with Crippen LogP contribution in [0.15, 0.2) is 71.9 Å². The molecule has 0 N–H and O–H groups in total. The molecule has 0 saturated carbocycles. The van der Waals surface area contributed by atoms with Gasteiger partial charge in [-0.15, -0.1) is 11.3 Å². The molecular formula is C18H14BClN2O2S. The lowest BCUT2D eigenvalue weighted by atomic mass is 9.71. The summed E-state index contributed by atoms with van der Waals surface area (Å²) in [5, 5.41) is 4.34. The van der Waals surface area contributed by atoms with Gasteiger partial charge in [0.25, 0.3) is 0 Å². The molecule has 0 radical (unpaired) electrons. The zero-order valence-electron chi connectivity index (χ0n) is 13.4. The maximum absolute atomic E-state index is 6.11. The molecule has 0 fully saturated rings. The number of anilines is 1. The summed E-state index contributed by atoms with van der Waals surface area (Å²) >= 11 is 7.59. The van der Waals surface area contributed by atoms with Gasteiger partial charge in [-0.3, -0.25) is 0 Å². The molecule has 4 nitrogen and oxygen atoms in total. The predicted octanol–water partition coefficient (Wildman–Crippen LogP) is 4.00. The number of hydrogen-bond donors (Lipinski definition) is 0. The van der Waals surface area contributed by atoms with E-state index < -0.39 is 0 Å². The average Bonchev–Trinajstić information content (AvgIpc) is 3.28. The number of methoxy groups -OCH3 is 1. The van der Waals surface area contributed by atoms with Crippen LogP contribution in [0.5, 0.6) is 5.75 Å². The van der Waals surface area contributed by atoms with Gasteiger partial charge in [-0.1, -0.05) is 47.1 Å². The fourth-order valence-electron chi connectivity index (χ4n) is 2.73. The molecule has 2 heterocycles. The Hall–Kier alpha value is -2.44. The van der Waals surface area contributed by atoms with E-state index in [1.807, 2.05) is 66.7 Å². The van der Waals surface area contributed by atoms with Crippen molar-refractivity contribution in [2.75, 3.05) is 11.9 Å². The van der Waals surface area contributed by atoms with E-state index in [0.717, 1.165) is 31.9 Å². The third-order valence-electron chi connectivity index (χ3n) is 3.93. The van der Waals surface area contributed by atoms with E-state index in [1.54, 1.807) is 7.11 Å². The lowest BCUT2D eigenvalue weighted by Gasteiger charge is -2.22. The van der Waals surface area contributed by atoms with Gasteiger partial charge in [-0.25, -0.2) is 0 Å². The van der Waals surface area contributed by atoms with Gasteiger partial charge in [0, 0.05) is 5.69 Å². The van der Waals surface area contributed by atoms with Crippen LogP contribution in [-0.2, 0) is 4.76 Å². The average molecular weight is 369 g/mol. The summed E-state index contributed by atoms with van der Waals surface area (Å²) in [6, 6.07) is 21.7. The molecule has 1 aromatic heterocycles. The molecule has 0 amide bonds. The molecule has 0 saturated heterocycles. The van der Waals surface area contributed by atoms with Gasteiger partial charge in [0.05, 0.1) is 16.3 Å². The number of hydrogen-bond acceptors (Lipinski definition) is 5. The Balaban J connectivity index is 1.76. The molecule has 1 aliphatic rings. The van der Waals surface area contributed by atoms with Crippen molar-refractivity contribution in [1.29, 1.82) is 0 Å². The third kappa shape index (κ3) is 3.10. The van der Waals surface area contributed by atoms with E-state index in [0.29, 0.717) is 0 Å². The number of thiophene rings is 1. The van der Waals surface area contributed by atoms with Crippen LogP contribution >= 0.6 is 22.9 Å². The standard InChI is InChI=1S/C18H14BClN2O2S/c1-23-15-9-7-14(8-10-15)22-18(16-11-12-17(20)25-16)21-24-19(22)13-5-3-2-4-6-13/h2-12H,1H3. The van der Waals surface area contributed by atoms with E-state index in [-0.39, 0.29) is 7.05 Å². The van der Waals surface area contributed by atoms with Gasteiger partial charge in [0.2, 0.25) is 0 Å². The summed E-state index contributed by atoms with van der Waals surface area (Å²) in [5.74, 6) is 1.55. The van der Waals surface area contributed by atoms with Crippen molar-refractivity contribution >= 4 is 47.0 Å². The maximum atomic E-state index is 6.11. The zero-order chi connectivity index (χ0) is 17.2. The highest BCUT2D eigenvalue weighted by Crippen LogP contribution is 2.30. The van der Waals surface area contributed by atoms with Crippen LogP contribution in [0.2, 0.25) is 4.34 Å². The van der Waals surface area contributed by atoms with E-state index in [4.69, 9.17) is 21.1 Å². The van der Waals surface area contributed by atoms with Crippen LogP contribution in [0.3, 0.4) is 0 Å². The highest BCUT2D eigenvalue weighted by atomic mass is 35.5. The predicted molar refractivity (Wildman–Crippen MR) is 104 cm³/mol. The minimum Gasteiger partial charge on any atom is -0.497 e. The lowest BCUT2D eigenvalue weighted by molar-refractivity contribution is 0.367. The van der Waals surface area contributed by atoms with Crippen molar-refractivity contribution in [3.05, 3.63) is 75.9 Å². The molecule has 0 bridgehead atoms. The van der Waals surface area contributed by atoms with Gasteiger partial charge in [0.15, 0.2) is 5.84 Å². The monoisotopic (exact) mass is 368 g/mol. The number of oxime groups is 1. The zero-order valence-corrected chi connectivity index (χ0v) is 15.0. The summed E-state index contributed by atoms with van der Waals surface area (Å²) < 4.78 is 11.8. The first-order valence-corrected chi connectivity index (χ1v) is 8.93. The van der Waals surface area contributed by atoms with Gasteiger partial charge in [-0.05, 0) is 41.9 Å². The number of nitrogens with zero attached hydrogens (tertiary/aromatic N) is 2. The van der Waals surface area contributed by atoms with Crippen LogP contribution in [0.25, 0.3) is 0 Å². The molecule has 0 unspecified atom stereocenters. The van der Waals surface area contributed by atoms with Gasteiger partial charge >= 0.3 is 7.05 Å². The van der Waals surface area contributed by atoms with Crippen LogP contribution in [0.1, 0.15) is 4.88 Å². The third-order valence-corrected chi connectivity index (χ3v) is 5.16. The Morgan fingerprint density at radius 2 is 1.80 bits per heavy atom. The van der Waals surface area contributed by atoms with Crippen molar-refractivity contribution in [3.8, 4) is 5.75 Å². The van der Waals surface area contributed by atoms with Gasteiger partial charge in [0.1, 0.15) is 5.75 Å². The molecule has 1 aliphatic heterocycles. The Labute approximate surface area is 155 Å². The molecule has 2 aromatic carbocycles. The Bertz CT molecular complexity index is 899. The van der Waals surface area contributed by atoms with Crippen molar-refractivity contribution in [3.63, 3.8) is 0 Å². The molecule has 3 aromatic rings. The largest absolute Gasteiger partial charge is 0.550 e. The SMILES string of the molecule is COc1ccc(N2B(c3ccccc3)ON=C2c2ccc(Cl)s2)cc1. The summed E-state index contributed by atoms with van der Waals surface area (Å²) in [4.78, 5) is 3.02. The number of benzene rings is 2. The Morgan fingerprint density at radius 1 is 1.04 bits per heavy atom. The smallest absolute Gasteiger partial charge is 0.497 e. The second-order valence-electron chi connectivity index (χ2n) is 5.46. The molecule has 7 heteroatoms. The summed E-state index contributed by atoms with van der Waals surface area (Å²) in [5.41, 5.74) is 2.00. The molecule has 0 spiro atoms. The lowest BCUT2D eigenvalue weighted by Crippen LogP contribution is -2.48. The first kappa shape index (κ1) is 16.1. The summed E-state index contributed by atoms with van der Waals surface area (Å²) in [6.07, 6.45) is 0. The highest BCUT2D eigenvalue weighted by Gasteiger charge is 2.40. The molecule has 124 valence electrons. The first-order chi connectivity index (χ1) is 12.3. The minimum atomic E-state index is -0.328. The summed E-state index contributed by atoms with van der Waals surface area (Å²) in [6.45, 7) is 0. The normalized spacial score (nSPS) is 13.6. The van der Waals surface area contributed by atoms with Gasteiger partial charge in [-0.2, -0.15) is 0 Å². The molecular weight excluding hydrogens is 355 g/mol. The van der Waals surface area contributed by atoms with Crippen molar-refractivity contribution < 1.29 is 9.49 Å². The van der Waals surface area contributed by atoms with Crippen LogP contribution in [0, 0.1) is 0 Å². The molecule has 0 atom stereocenters. The number of halogens is 1. The maximum Gasteiger partial charge on any atom is 0.550 e. The molecule has 4 rings (SSSR count). The summed E-state index contributed by atoms with van der Waals surface area (Å²) in [7, 11) is 1.33.